The molecular formula is C5H10N2. The van der Waals surface area contributed by atoms with Crippen LogP contribution in [0.15, 0.2) is 0 Å². The molecule has 7 heavy (non-hydrogen) atoms. The summed E-state index contributed by atoms with van der Waals surface area (Å²) in [6.07, 6.45) is 0.691. The Hall–Kier alpha value is -0.680. The van der Waals surface area contributed by atoms with Crippen LogP contribution in [0, 0.1) is 12.0 Å². The Morgan fingerprint density at radius 3 is 2.43 bits per heavy atom. The highest BCUT2D eigenvalue weighted by molar-refractivity contribution is 4.95. The highest BCUT2D eigenvalue weighted by Gasteiger charge is 1.84. The number of hydrogen-bond acceptors (Lipinski definition) is 2. The Balaban J connectivity index is 3.08. The summed E-state index contributed by atoms with van der Waals surface area (Å²) < 4.78 is 0. The van der Waals surface area contributed by atoms with Crippen molar-refractivity contribution in [1.29, 1.82) is 0 Å². The second-order valence-electron chi connectivity index (χ2n) is 1.50. The first-order valence-corrected chi connectivity index (χ1v) is 2.21. The minimum atomic E-state index is 0.149. The smallest absolute Gasteiger partial charge is 0.0256 e. The second kappa shape index (κ2) is 3.51. The van der Waals surface area contributed by atoms with Crippen LogP contribution in [-0.4, -0.2) is 6.04 Å². The zero-order valence-corrected chi connectivity index (χ0v) is 4.44. The Bertz CT molecular complexity index is 86.0. The van der Waals surface area contributed by atoms with Crippen LogP contribution < -0.4 is 11.5 Å². The van der Waals surface area contributed by atoms with Crippen LogP contribution in [0.25, 0.3) is 0 Å². The maximum absolute atomic E-state index is 5.32. The van der Waals surface area contributed by atoms with Crippen molar-refractivity contribution in [1.82, 2.24) is 0 Å². The normalized spacial score (nSPS) is 11.7. The van der Waals surface area contributed by atoms with Gasteiger partial charge in [0.2, 0.25) is 0 Å². The van der Waals surface area contributed by atoms with Gasteiger partial charge in [0.05, 0.1) is 0 Å². The Morgan fingerprint density at radius 2 is 2.29 bits per heavy atom. The minimum Gasteiger partial charge on any atom is -0.359 e. The van der Waals surface area contributed by atoms with E-state index in [1.165, 1.54) is 0 Å². The van der Waals surface area contributed by atoms with Gasteiger partial charge in [-0.15, -0.1) is 0 Å². The third kappa shape index (κ3) is 5.32. The van der Waals surface area contributed by atoms with Crippen LogP contribution in [-0.2, 0) is 0 Å². The van der Waals surface area contributed by atoms with Gasteiger partial charge in [0.1, 0.15) is 0 Å². The van der Waals surface area contributed by atoms with Crippen LogP contribution >= 0.6 is 0 Å². The first kappa shape index (κ1) is 6.32. The third-order valence-corrected chi connectivity index (χ3v) is 0.526. The average molecular weight is 98.1 g/mol. The van der Waals surface area contributed by atoms with Crippen molar-refractivity contribution in [3.8, 4) is 12.0 Å². The van der Waals surface area contributed by atoms with E-state index in [1.54, 1.807) is 0 Å². The van der Waals surface area contributed by atoms with Gasteiger partial charge in [-0.25, -0.2) is 0 Å². The molecule has 0 radical (unpaired) electrons. The van der Waals surface area contributed by atoms with Gasteiger partial charge in [-0.05, 0) is 6.92 Å². The largest absolute Gasteiger partial charge is 0.359 e. The highest BCUT2D eigenvalue weighted by atomic mass is 14.6. The van der Waals surface area contributed by atoms with Crippen molar-refractivity contribution < 1.29 is 0 Å². The molecule has 1 atom stereocenters. The van der Waals surface area contributed by atoms with E-state index in [4.69, 9.17) is 11.5 Å². The van der Waals surface area contributed by atoms with Gasteiger partial charge in [0.15, 0.2) is 0 Å². The predicted octanol–water partition coefficient (Wildman–Crippen LogP) is -0.357. The number of rotatable bonds is 1. The lowest BCUT2D eigenvalue weighted by Gasteiger charge is -1.92. The van der Waals surface area contributed by atoms with Gasteiger partial charge in [-0.2, -0.15) is 0 Å². The molecule has 0 heterocycles. The SMILES string of the molecule is CC(N)CC#CN. The zero-order valence-electron chi connectivity index (χ0n) is 4.44. The molecule has 40 valence electrons. The van der Waals surface area contributed by atoms with Crippen LogP contribution in [0.1, 0.15) is 13.3 Å². The molecule has 0 amide bonds. The van der Waals surface area contributed by atoms with Crippen molar-refractivity contribution >= 4 is 0 Å². The summed E-state index contributed by atoms with van der Waals surface area (Å²) in [5.41, 5.74) is 10.2. The molecule has 0 aromatic heterocycles. The van der Waals surface area contributed by atoms with Gasteiger partial charge in [-0.3, -0.25) is 0 Å². The van der Waals surface area contributed by atoms with E-state index in [2.05, 4.69) is 12.0 Å². The monoisotopic (exact) mass is 98.1 g/mol. The van der Waals surface area contributed by atoms with E-state index in [0.29, 0.717) is 6.42 Å². The molecule has 0 fully saturated rings. The van der Waals surface area contributed by atoms with Crippen molar-refractivity contribution in [2.24, 2.45) is 11.5 Å². The molecule has 2 heteroatoms. The number of nitrogens with two attached hydrogens (primary N) is 2. The van der Waals surface area contributed by atoms with E-state index in [1.807, 2.05) is 6.92 Å². The quantitative estimate of drug-likeness (QED) is 0.347. The molecular weight excluding hydrogens is 88.1 g/mol. The summed E-state index contributed by atoms with van der Waals surface area (Å²) in [6, 6.07) is 2.42. The fraction of sp³-hybridized carbons (Fsp3) is 0.600. The molecule has 0 aliphatic heterocycles. The minimum absolute atomic E-state index is 0.149. The van der Waals surface area contributed by atoms with Crippen LogP contribution in [0.5, 0.6) is 0 Å². The van der Waals surface area contributed by atoms with E-state index < -0.39 is 0 Å². The van der Waals surface area contributed by atoms with Gasteiger partial charge >= 0.3 is 0 Å². The zero-order chi connectivity index (χ0) is 5.70. The number of hydrogen-bond donors (Lipinski definition) is 2. The van der Waals surface area contributed by atoms with E-state index in [-0.39, 0.29) is 6.04 Å². The van der Waals surface area contributed by atoms with Gasteiger partial charge in [0.25, 0.3) is 0 Å². The van der Waals surface area contributed by atoms with Crippen molar-refractivity contribution in [2.45, 2.75) is 19.4 Å². The van der Waals surface area contributed by atoms with Gasteiger partial charge < -0.3 is 11.5 Å². The standard InChI is InChI=1S/C5H10N2/c1-5(7)3-2-4-6/h5H,3,6-7H2,1H3. The van der Waals surface area contributed by atoms with Crippen molar-refractivity contribution in [3.05, 3.63) is 0 Å². The fourth-order valence-corrected chi connectivity index (χ4v) is 0.220. The summed E-state index contributed by atoms with van der Waals surface area (Å²) in [6.45, 7) is 1.89. The van der Waals surface area contributed by atoms with Crippen LogP contribution in [0.2, 0.25) is 0 Å². The molecule has 0 bridgehead atoms. The molecule has 0 aromatic rings. The maximum atomic E-state index is 5.32. The summed E-state index contributed by atoms with van der Waals surface area (Å²) >= 11 is 0. The first-order valence-electron chi connectivity index (χ1n) is 2.21. The lowest BCUT2D eigenvalue weighted by atomic mass is 10.3. The molecule has 0 rings (SSSR count). The maximum Gasteiger partial charge on any atom is 0.0256 e. The van der Waals surface area contributed by atoms with Crippen LogP contribution in [0.4, 0.5) is 0 Å². The molecule has 0 saturated heterocycles. The van der Waals surface area contributed by atoms with Gasteiger partial charge in [0, 0.05) is 18.5 Å². The summed E-state index contributed by atoms with van der Waals surface area (Å²) in [5, 5.41) is 0. The molecule has 4 N–H and O–H groups in total. The Morgan fingerprint density at radius 1 is 1.71 bits per heavy atom. The van der Waals surface area contributed by atoms with E-state index >= 15 is 0 Å². The fourth-order valence-electron chi connectivity index (χ4n) is 0.220. The lowest BCUT2D eigenvalue weighted by Crippen LogP contribution is -2.13. The average Bonchev–Trinajstić information content (AvgIpc) is 1.61. The molecule has 0 aromatic carbocycles. The van der Waals surface area contributed by atoms with Crippen LogP contribution in [0.3, 0.4) is 0 Å². The summed E-state index contributed by atoms with van der Waals surface area (Å²) in [5.74, 6) is 2.65. The second-order valence-corrected chi connectivity index (χ2v) is 1.50. The summed E-state index contributed by atoms with van der Waals surface area (Å²) in [4.78, 5) is 0. The lowest BCUT2D eigenvalue weighted by molar-refractivity contribution is 0.770. The molecule has 1 unspecified atom stereocenters. The third-order valence-electron chi connectivity index (χ3n) is 0.526. The highest BCUT2D eigenvalue weighted by Crippen LogP contribution is 1.78. The first-order chi connectivity index (χ1) is 3.27. The van der Waals surface area contributed by atoms with E-state index in [0.717, 1.165) is 0 Å². The van der Waals surface area contributed by atoms with E-state index in [9.17, 15) is 0 Å². The summed E-state index contributed by atoms with van der Waals surface area (Å²) in [7, 11) is 0. The van der Waals surface area contributed by atoms with Crippen molar-refractivity contribution in [3.63, 3.8) is 0 Å². The predicted molar refractivity (Wildman–Crippen MR) is 30.2 cm³/mol. The Kier molecular flexibility index (Phi) is 3.17. The topological polar surface area (TPSA) is 52.0 Å². The Labute approximate surface area is 43.9 Å². The molecule has 0 aliphatic rings. The van der Waals surface area contributed by atoms with Crippen molar-refractivity contribution in [2.75, 3.05) is 0 Å². The molecule has 0 spiro atoms. The molecule has 0 saturated carbocycles. The van der Waals surface area contributed by atoms with Gasteiger partial charge in [-0.1, -0.05) is 5.92 Å². The molecule has 2 nitrogen and oxygen atoms in total. The molecule has 0 aliphatic carbocycles.